The van der Waals surface area contributed by atoms with Crippen molar-refractivity contribution in [2.24, 2.45) is 0 Å². The largest absolute Gasteiger partial charge is 0.380 e. The van der Waals surface area contributed by atoms with Gasteiger partial charge in [-0.25, -0.2) is 13.1 Å². The third-order valence-corrected chi connectivity index (χ3v) is 4.50. The van der Waals surface area contributed by atoms with E-state index in [1.54, 1.807) is 19.2 Å². The Morgan fingerprint density at radius 2 is 2.17 bits per heavy atom. The van der Waals surface area contributed by atoms with Crippen molar-refractivity contribution in [3.8, 4) is 0 Å². The first-order valence-electron chi connectivity index (χ1n) is 5.96. The first kappa shape index (κ1) is 13.5. The fourth-order valence-electron chi connectivity index (χ4n) is 2.01. The van der Waals surface area contributed by atoms with Crippen LogP contribution in [0.15, 0.2) is 29.2 Å². The zero-order valence-electron chi connectivity index (χ0n) is 10.3. The Kier molecular flexibility index (Phi) is 4.34. The fraction of sp³-hybridized carbons (Fsp3) is 0.500. The van der Waals surface area contributed by atoms with Gasteiger partial charge in [0.1, 0.15) is 0 Å². The molecule has 2 rings (SSSR count). The van der Waals surface area contributed by atoms with Crippen LogP contribution >= 0.6 is 0 Å². The first-order valence-corrected chi connectivity index (χ1v) is 7.44. The molecule has 2 N–H and O–H groups in total. The lowest BCUT2D eigenvalue weighted by molar-refractivity contribution is 0.192. The van der Waals surface area contributed by atoms with E-state index in [2.05, 4.69) is 10.0 Å². The molecule has 0 bridgehead atoms. The van der Waals surface area contributed by atoms with Crippen LogP contribution in [0, 0.1) is 0 Å². The van der Waals surface area contributed by atoms with Crippen LogP contribution < -0.4 is 10.0 Å². The molecule has 5 nitrogen and oxygen atoms in total. The van der Waals surface area contributed by atoms with Gasteiger partial charge in [-0.05, 0) is 25.1 Å². The van der Waals surface area contributed by atoms with E-state index >= 15 is 0 Å². The predicted molar refractivity (Wildman–Crippen MR) is 68.8 cm³/mol. The van der Waals surface area contributed by atoms with Gasteiger partial charge in [-0.1, -0.05) is 18.2 Å². The van der Waals surface area contributed by atoms with Gasteiger partial charge in [-0.15, -0.1) is 0 Å². The summed E-state index contributed by atoms with van der Waals surface area (Å²) in [5.41, 5.74) is 0.770. The number of nitrogens with one attached hydrogen (secondary N) is 2. The van der Waals surface area contributed by atoms with E-state index in [0.29, 0.717) is 24.7 Å². The Morgan fingerprint density at radius 3 is 2.83 bits per heavy atom. The molecule has 0 aromatic heterocycles. The lowest BCUT2D eigenvalue weighted by atomic mass is 10.2. The van der Waals surface area contributed by atoms with Gasteiger partial charge in [0.15, 0.2) is 0 Å². The maximum atomic E-state index is 12.3. The summed E-state index contributed by atoms with van der Waals surface area (Å²) in [5, 5.41) is 2.97. The second kappa shape index (κ2) is 5.79. The van der Waals surface area contributed by atoms with Crippen molar-refractivity contribution >= 4 is 10.0 Å². The van der Waals surface area contributed by atoms with Crippen molar-refractivity contribution < 1.29 is 13.2 Å². The van der Waals surface area contributed by atoms with Crippen LogP contribution in [0.5, 0.6) is 0 Å². The monoisotopic (exact) mass is 270 g/mol. The Balaban J connectivity index is 2.22. The zero-order chi connectivity index (χ0) is 13.0. The summed E-state index contributed by atoms with van der Waals surface area (Å²) < 4.78 is 32.4. The molecule has 100 valence electrons. The van der Waals surface area contributed by atoms with Gasteiger partial charge in [0.2, 0.25) is 10.0 Å². The molecule has 1 aliphatic rings. The van der Waals surface area contributed by atoms with Crippen LogP contribution in [0.2, 0.25) is 0 Å². The highest BCUT2D eigenvalue weighted by atomic mass is 32.2. The minimum Gasteiger partial charge on any atom is -0.380 e. The maximum Gasteiger partial charge on any atom is 0.241 e. The SMILES string of the molecule is CNCc1ccccc1S(=O)(=O)NC1CCOC1. The van der Waals surface area contributed by atoms with Crippen molar-refractivity contribution in [2.75, 3.05) is 20.3 Å². The second-order valence-corrected chi connectivity index (χ2v) is 6.00. The van der Waals surface area contributed by atoms with Crippen LogP contribution in [0.3, 0.4) is 0 Å². The van der Waals surface area contributed by atoms with Gasteiger partial charge in [0, 0.05) is 19.2 Å². The van der Waals surface area contributed by atoms with Gasteiger partial charge in [-0.3, -0.25) is 0 Å². The minimum atomic E-state index is -3.47. The normalized spacial score (nSPS) is 20.2. The fourth-order valence-corrected chi connectivity index (χ4v) is 3.51. The van der Waals surface area contributed by atoms with E-state index < -0.39 is 10.0 Å². The number of hydrogen-bond donors (Lipinski definition) is 2. The molecule has 18 heavy (non-hydrogen) atoms. The maximum absolute atomic E-state index is 12.3. The molecular formula is C12H18N2O3S. The predicted octanol–water partition coefficient (Wildman–Crippen LogP) is 0.473. The molecule has 0 radical (unpaired) electrons. The first-order chi connectivity index (χ1) is 8.63. The molecule has 0 amide bonds. The summed E-state index contributed by atoms with van der Waals surface area (Å²) >= 11 is 0. The van der Waals surface area contributed by atoms with Crippen LogP contribution in [-0.4, -0.2) is 34.7 Å². The molecule has 0 aliphatic carbocycles. The molecule has 1 unspecified atom stereocenters. The highest BCUT2D eigenvalue weighted by Crippen LogP contribution is 2.17. The summed E-state index contributed by atoms with van der Waals surface area (Å²) in [6, 6.07) is 6.90. The summed E-state index contributed by atoms with van der Waals surface area (Å²) in [4.78, 5) is 0.339. The molecule has 1 atom stereocenters. The molecule has 6 heteroatoms. The number of ether oxygens (including phenoxy) is 1. The molecule has 1 heterocycles. The number of benzene rings is 1. The van der Waals surface area contributed by atoms with Crippen molar-refractivity contribution in [3.63, 3.8) is 0 Å². The standard InChI is InChI=1S/C12H18N2O3S/c1-13-8-10-4-2-3-5-12(10)18(15,16)14-11-6-7-17-9-11/h2-5,11,13-14H,6-9H2,1H3. The minimum absolute atomic E-state index is 0.113. The number of sulfonamides is 1. The average Bonchev–Trinajstić information content (AvgIpc) is 2.82. The van der Waals surface area contributed by atoms with E-state index in [9.17, 15) is 8.42 Å². The Labute approximate surface area is 108 Å². The van der Waals surface area contributed by atoms with Gasteiger partial charge in [0.25, 0.3) is 0 Å². The Hall–Kier alpha value is -0.950. The van der Waals surface area contributed by atoms with E-state index in [1.165, 1.54) is 0 Å². The lowest BCUT2D eigenvalue weighted by Gasteiger charge is -2.14. The summed E-state index contributed by atoms with van der Waals surface area (Å²) in [6.07, 6.45) is 0.730. The molecule has 0 spiro atoms. The number of rotatable bonds is 5. The topological polar surface area (TPSA) is 67.4 Å². The van der Waals surface area contributed by atoms with E-state index in [0.717, 1.165) is 12.0 Å². The molecule has 0 saturated carbocycles. The molecule has 1 aromatic carbocycles. The average molecular weight is 270 g/mol. The van der Waals surface area contributed by atoms with Crippen LogP contribution in [0.1, 0.15) is 12.0 Å². The zero-order valence-corrected chi connectivity index (χ0v) is 11.2. The van der Waals surface area contributed by atoms with Crippen molar-refractivity contribution in [3.05, 3.63) is 29.8 Å². The van der Waals surface area contributed by atoms with E-state index in [-0.39, 0.29) is 6.04 Å². The lowest BCUT2D eigenvalue weighted by Crippen LogP contribution is -2.35. The molecule has 1 fully saturated rings. The van der Waals surface area contributed by atoms with Crippen LogP contribution in [-0.2, 0) is 21.3 Å². The van der Waals surface area contributed by atoms with Crippen molar-refractivity contribution in [1.82, 2.24) is 10.0 Å². The van der Waals surface area contributed by atoms with Crippen molar-refractivity contribution in [1.29, 1.82) is 0 Å². The van der Waals surface area contributed by atoms with Crippen LogP contribution in [0.25, 0.3) is 0 Å². The third-order valence-electron chi connectivity index (χ3n) is 2.88. The quantitative estimate of drug-likeness (QED) is 0.816. The third kappa shape index (κ3) is 3.08. The second-order valence-electron chi connectivity index (χ2n) is 4.32. The highest BCUT2D eigenvalue weighted by molar-refractivity contribution is 7.89. The molecule has 1 aliphatic heterocycles. The summed E-state index contributed by atoms with van der Waals surface area (Å²) in [5.74, 6) is 0. The van der Waals surface area contributed by atoms with Gasteiger partial charge >= 0.3 is 0 Å². The summed E-state index contributed by atoms with van der Waals surface area (Å²) in [6.45, 7) is 1.59. The molecule has 1 saturated heterocycles. The summed E-state index contributed by atoms with van der Waals surface area (Å²) in [7, 11) is -1.67. The Bertz CT molecular complexity index is 496. The van der Waals surface area contributed by atoms with E-state index in [1.807, 2.05) is 12.1 Å². The van der Waals surface area contributed by atoms with Gasteiger partial charge < -0.3 is 10.1 Å². The highest BCUT2D eigenvalue weighted by Gasteiger charge is 2.24. The van der Waals surface area contributed by atoms with Crippen molar-refractivity contribution in [2.45, 2.75) is 23.9 Å². The van der Waals surface area contributed by atoms with Gasteiger partial charge in [-0.2, -0.15) is 0 Å². The van der Waals surface area contributed by atoms with Crippen LogP contribution in [0.4, 0.5) is 0 Å². The molecular weight excluding hydrogens is 252 g/mol. The van der Waals surface area contributed by atoms with E-state index in [4.69, 9.17) is 4.74 Å². The molecule has 1 aromatic rings. The number of hydrogen-bond acceptors (Lipinski definition) is 4. The van der Waals surface area contributed by atoms with Gasteiger partial charge in [0.05, 0.1) is 11.5 Å². The Morgan fingerprint density at radius 1 is 1.39 bits per heavy atom. The smallest absolute Gasteiger partial charge is 0.241 e.